The van der Waals surface area contributed by atoms with E-state index in [2.05, 4.69) is 4.74 Å². The molecule has 1 atom stereocenters. The van der Waals surface area contributed by atoms with Crippen LogP contribution in [0.15, 0.2) is 17.0 Å². The molecule has 1 aliphatic rings. The van der Waals surface area contributed by atoms with E-state index in [1.807, 2.05) is 0 Å². The molecule has 0 spiro atoms. The summed E-state index contributed by atoms with van der Waals surface area (Å²) in [5, 5.41) is 0.0443. The number of rotatable bonds is 5. The maximum atomic E-state index is 12.4. The maximum absolute atomic E-state index is 12.4. The quantitative estimate of drug-likeness (QED) is 0.546. The summed E-state index contributed by atoms with van der Waals surface area (Å²) in [6, 6.07) is 2.16. The fourth-order valence-corrected chi connectivity index (χ4v) is 3.71. The fraction of sp³-hybridized carbons (Fsp3) is 0.312. The molecule has 0 bridgehead atoms. The molecule has 9 heteroatoms. The maximum Gasteiger partial charge on any atom is 0.328 e. The third-order valence-electron chi connectivity index (χ3n) is 3.36. The highest BCUT2D eigenvalue weighted by molar-refractivity contribution is 8.18. The van der Waals surface area contributed by atoms with E-state index in [0.717, 1.165) is 16.7 Å². The lowest BCUT2D eigenvalue weighted by Gasteiger charge is -2.18. The molecule has 2 rings (SSSR count). The topological polar surface area (TPSA) is 72.9 Å². The first-order chi connectivity index (χ1) is 11.8. The first-order valence-corrected chi connectivity index (χ1v) is 8.84. The summed E-state index contributed by atoms with van der Waals surface area (Å²) in [7, 11) is 1.19. The minimum Gasteiger partial charge on any atom is -0.491 e. The average molecular weight is 404 g/mol. The van der Waals surface area contributed by atoms with Crippen LogP contribution in [-0.2, 0) is 14.3 Å². The molecule has 1 fully saturated rings. The molecule has 6 nitrogen and oxygen atoms in total. The molecule has 0 saturated carbocycles. The van der Waals surface area contributed by atoms with Crippen molar-refractivity contribution in [2.24, 2.45) is 0 Å². The molecule has 0 unspecified atom stereocenters. The van der Waals surface area contributed by atoms with E-state index in [0.29, 0.717) is 28.0 Å². The Hall–Kier alpha value is -1.70. The van der Waals surface area contributed by atoms with Gasteiger partial charge in [0.2, 0.25) is 0 Å². The first kappa shape index (κ1) is 19.6. The minimum atomic E-state index is -1.00. The van der Waals surface area contributed by atoms with Crippen LogP contribution in [0.2, 0.25) is 10.0 Å². The number of nitrogens with zero attached hydrogens (tertiary/aromatic N) is 1. The molecule has 1 aliphatic heterocycles. The Morgan fingerprint density at radius 1 is 1.32 bits per heavy atom. The van der Waals surface area contributed by atoms with Crippen molar-refractivity contribution in [1.29, 1.82) is 0 Å². The van der Waals surface area contributed by atoms with E-state index in [-0.39, 0.29) is 4.91 Å². The Labute approximate surface area is 159 Å². The van der Waals surface area contributed by atoms with Gasteiger partial charge in [-0.2, -0.15) is 0 Å². The molecule has 2 amide bonds. The summed E-state index contributed by atoms with van der Waals surface area (Å²) in [5.41, 5.74) is 0.537. The van der Waals surface area contributed by atoms with E-state index in [9.17, 15) is 14.4 Å². The molecule has 0 aliphatic carbocycles. The summed E-state index contributed by atoms with van der Waals surface area (Å²) in [6.07, 6.45) is 1.49. The highest BCUT2D eigenvalue weighted by atomic mass is 35.5. The second-order valence-electron chi connectivity index (χ2n) is 5.00. The van der Waals surface area contributed by atoms with Crippen LogP contribution in [0, 0.1) is 0 Å². The lowest BCUT2D eigenvalue weighted by molar-refractivity contribution is -0.148. The largest absolute Gasteiger partial charge is 0.491 e. The molecule has 0 N–H and O–H groups in total. The number of hydrogen-bond donors (Lipinski definition) is 0. The Kier molecular flexibility index (Phi) is 6.37. The van der Waals surface area contributed by atoms with Gasteiger partial charge in [0.15, 0.2) is 5.75 Å². The van der Waals surface area contributed by atoms with Crippen molar-refractivity contribution in [2.45, 2.75) is 19.9 Å². The number of hydrogen-bond acceptors (Lipinski definition) is 6. The third-order valence-corrected chi connectivity index (χ3v) is 4.81. The van der Waals surface area contributed by atoms with Crippen LogP contribution in [0.25, 0.3) is 6.08 Å². The number of imide groups is 1. The number of methoxy groups -OCH3 is 1. The van der Waals surface area contributed by atoms with Gasteiger partial charge in [-0.25, -0.2) is 4.79 Å². The lowest BCUT2D eigenvalue weighted by atomic mass is 10.2. The zero-order valence-corrected chi connectivity index (χ0v) is 16.0. The Morgan fingerprint density at radius 3 is 2.44 bits per heavy atom. The van der Waals surface area contributed by atoms with Gasteiger partial charge in [-0.05, 0) is 49.4 Å². The number of esters is 1. The Morgan fingerprint density at radius 2 is 1.92 bits per heavy atom. The molecule has 1 aromatic carbocycles. The van der Waals surface area contributed by atoms with Crippen LogP contribution in [0.3, 0.4) is 0 Å². The van der Waals surface area contributed by atoms with Gasteiger partial charge in [0, 0.05) is 0 Å². The van der Waals surface area contributed by atoms with Crippen LogP contribution in [0.1, 0.15) is 19.4 Å². The fourth-order valence-electron chi connectivity index (χ4n) is 2.19. The summed E-state index contributed by atoms with van der Waals surface area (Å²) < 4.78 is 9.93. The van der Waals surface area contributed by atoms with Gasteiger partial charge in [0.05, 0.1) is 28.7 Å². The minimum absolute atomic E-state index is 0.164. The smallest absolute Gasteiger partial charge is 0.328 e. The first-order valence-electron chi connectivity index (χ1n) is 7.26. The molecule has 1 aromatic rings. The van der Waals surface area contributed by atoms with Gasteiger partial charge < -0.3 is 9.47 Å². The number of halogens is 2. The number of carbonyl (C=O) groups is 3. The van der Waals surface area contributed by atoms with E-state index in [1.54, 1.807) is 19.1 Å². The predicted molar refractivity (Wildman–Crippen MR) is 96.9 cm³/mol. The summed E-state index contributed by atoms with van der Waals surface area (Å²) >= 11 is 13.0. The molecule has 134 valence electrons. The van der Waals surface area contributed by atoms with Gasteiger partial charge in [0.25, 0.3) is 11.1 Å². The van der Waals surface area contributed by atoms with Gasteiger partial charge >= 0.3 is 5.97 Å². The average Bonchev–Trinajstić information content (AvgIpc) is 2.83. The molecule has 0 radical (unpaired) electrons. The van der Waals surface area contributed by atoms with Crippen molar-refractivity contribution in [3.63, 3.8) is 0 Å². The molecular formula is C16H15Cl2NO5S. The number of thioether (sulfide) groups is 1. The zero-order chi connectivity index (χ0) is 18.7. The van der Waals surface area contributed by atoms with Gasteiger partial charge in [-0.3, -0.25) is 14.5 Å². The highest BCUT2D eigenvalue weighted by Gasteiger charge is 2.41. The summed E-state index contributed by atoms with van der Waals surface area (Å²) in [5.74, 6) is -0.889. The van der Waals surface area contributed by atoms with E-state index in [4.69, 9.17) is 27.9 Å². The Balaban J connectivity index is 2.32. The van der Waals surface area contributed by atoms with Crippen molar-refractivity contribution in [3.8, 4) is 5.75 Å². The standard InChI is InChI=1S/C16H15Cl2NO5S/c1-4-24-13-10(17)5-9(6-11(13)18)7-12-14(20)19(16(22)25-12)8(2)15(21)23-3/h5-8H,4H2,1-3H3/b12-7+/t8-/m0/s1. The number of amides is 2. The highest BCUT2D eigenvalue weighted by Crippen LogP contribution is 2.37. The van der Waals surface area contributed by atoms with Crippen LogP contribution >= 0.6 is 35.0 Å². The van der Waals surface area contributed by atoms with Crippen LogP contribution in [0.5, 0.6) is 5.75 Å². The number of benzene rings is 1. The molecular weight excluding hydrogens is 389 g/mol. The second-order valence-corrected chi connectivity index (χ2v) is 6.81. The van der Waals surface area contributed by atoms with Gasteiger partial charge in [-0.15, -0.1) is 0 Å². The number of ether oxygens (including phenoxy) is 2. The lowest BCUT2D eigenvalue weighted by Crippen LogP contribution is -2.42. The van der Waals surface area contributed by atoms with E-state index < -0.39 is 23.2 Å². The summed E-state index contributed by atoms with van der Waals surface area (Å²) in [6.45, 7) is 3.64. The second kappa shape index (κ2) is 8.12. The SMILES string of the molecule is CCOc1c(Cl)cc(/C=C2/SC(=O)N([C@@H](C)C(=O)OC)C2=O)cc1Cl. The molecule has 0 aromatic heterocycles. The predicted octanol–water partition coefficient (Wildman–Crippen LogP) is 3.99. The van der Waals surface area contributed by atoms with Crippen LogP contribution in [0.4, 0.5) is 4.79 Å². The molecule has 1 saturated heterocycles. The normalized spacial score (nSPS) is 17.2. The van der Waals surface area contributed by atoms with Gasteiger partial charge in [0.1, 0.15) is 6.04 Å². The van der Waals surface area contributed by atoms with Crippen molar-refractivity contribution in [2.75, 3.05) is 13.7 Å². The van der Waals surface area contributed by atoms with Crippen molar-refractivity contribution in [1.82, 2.24) is 4.90 Å². The zero-order valence-electron chi connectivity index (χ0n) is 13.7. The molecule has 1 heterocycles. The van der Waals surface area contributed by atoms with Crippen LogP contribution < -0.4 is 4.74 Å². The van der Waals surface area contributed by atoms with Crippen molar-refractivity contribution < 1.29 is 23.9 Å². The monoisotopic (exact) mass is 403 g/mol. The Bertz CT molecular complexity index is 742. The number of carbonyl (C=O) groups excluding carboxylic acids is 3. The van der Waals surface area contributed by atoms with Crippen molar-refractivity contribution >= 4 is 58.2 Å². The van der Waals surface area contributed by atoms with E-state index in [1.165, 1.54) is 20.1 Å². The third kappa shape index (κ3) is 4.11. The van der Waals surface area contributed by atoms with Crippen molar-refractivity contribution in [3.05, 3.63) is 32.6 Å². The van der Waals surface area contributed by atoms with E-state index >= 15 is 0 Å². The molecule has 25 heavy (non-hydrogen) atoms. The summed E-state index contributed by atoms with van der Waals surface area (Å²) in [4.78, 5) is 37.1. The van der Waals surface area contributed by atoms with Gasteiger partial charge in [-0.1, -0.05) is 23.2 Å². The van der Waals surface area contributed by atoms with Crippen LogP contribution in [-0.4, -0.2) is 41.8 Å².